The number of carbonyl (C=O) groups excluding carboxylic acids is 2. The highest BCUT2D eigenvalue weighted by Gasteiger charge is 2.24. The van der Waals surface area contributed by atoms with Gasteiger partial charge in [0.15, 0.2) is 10.4 Å². The summed E-state index contributed by atoms with van der Waals surface area (Å²) in [6.07, 6.45) is 1.89. The summed E-state index contributed by atoms with van der Waals surface area (Å²) in [6, 6.07) is 13.0. The zero-order valence-electron chi connectivity index (χ0n) is 15.1. The molecule has 2 aromatic rings. The van der Waals surface area contributed by atoms with Crippen LogP contribution in [0, 0.1) is 0 Å². The van der Waals surface area contributed by atoms with E-state index in [0.29, 0.717) is 56.1 Å². The zero-order chi connectivity index (χ0) is 19.1. The SMILES string of the molecule is O=C(CCCOc1ccccc1)N1CCCN(C(=O)c2ccc(Br)o2)CC1. The van der Waals surface area contributed by atoms with Gasteiger partial charge in [-0.1, -0.05) is 18.2 Å². The summed E-state index contributed by atoms with van der Waals surface area (Å²) in [6.45, 7) is 2.87. The zero-order valence-corrected chi connectivity index (χ0v) is 16.7. The van der Waals surface area contributed by atoms with E-state index in [0.717, 1.165) is 12.2 Å². The van der Waals surface area contributed by atoms with Crippen LogP contribution in [0.5, 0.6) is 5.75 Å². The summed E-state index contributed by atoms with van der Waals surface area (Å²) < 4.78 is 11.5. The number of hydrogen-bond acceptors (Lipinski definition) is 4. The van der Waals surface area contributed by atoms with Gasteiger partial charge in [0.05, 0.1) is 6.61 Å². The molecule has 1 saturated heterocycles. The first-order chi connectivity index (χ1) is 13.1. The molecular weight excluding hydrogens is 412 g/mol. The number of rotatable bonds is 6. The molecule has 0 atom stereocenters. The van der Waals surface area contributed by atoms with Crippen molar-refractivity contribution in [3.05, 3.63) is 52.9 Å². The fourth-order valence-corrected chi connectivity index (χ4v) is 3.35. The first-order valence-electron chi connectivity index (χ1n) is 9.14. The van der Waals surface area contributed by atoms with Gasteiger partial charge in [-0.25, -0.2) is 0 Å². The summed E-state index contributed by atoms with van der Waals surface area (Å²) in [7, 11) is 0. The lowest BCUT2D eigenvalue weighted by molar-refractivity contribution is -0.131. The summed E-state index contributed by atoms with van der Waals surface area (Å²) in [4.78, 5) is 28.5. The fourth-order valence-electron chi connectivity index (χ4n) is 3.04. The molecule has 1 aromatic carbocycles. The highest BCUT2D eigenvalue weighted by atomic mass is 79.9. The third-order valence-corrected chi connectivity index (χ3v) is 4.89. The molecule has 0 radical (unpaired) electrons. The molecule has 1 fully saturated rings. The van der Waals surface area contributed by atoms with Crippen LogP contribution in [-0.4, -0.2) is 54.4 Å². The number of furan rings is 1. The van der Waals surface area contributed by atoms with Crippen molar-refractivity contribution in [3.8, 4) is 5.75 Å². The number of amides is 2. The Morgan fingerprint density at radius 2 is 1.74 bits per heavy atom. The lowest BCUT2D eigenvalue weighted by atomic mass is 10.2. The van der Waals surface area contributed by atoms with Crippen molar-refractivity contribution >= 4 is 27.7 Å². The van der Waals surface area contributed by atoms with Gasteiger partial charge in [-0.2, -0.15) is 0 Å². The minimum absolute atomic E-state index is 0.113. The molecule has 6 nitrogen and oxygen atoms in total. The first kappa shape index (κ1) is 19.5. The first-order valence-corrected chi connectivity index (χ1v) is 9.93. The topological polar surface area (TPSA) is 63.0 Å². The van der Waals surface area contributed by atoms with Crippen molar-refractivity contribution in [2.75, 3.05) is 32.8 Å². The van der Waals surface area contributed by atoms with Crippen LogP contribution in [-0.2, 0) is 4.79 Å². The minimum Gasteiger partial charge on any atom is -0.494 e. The Morgan fingerprint density at radius 1 is 1.00 bits per heavy atom. The highest BCUT2D eigenvalue weighted by molar-refractivity contribution is 9.10. The number of halogens is 1. The highest BCUT2D eigenvalue weighted by Crippen LogP contribution is 2.17. The molecule has 7 heteroatoms. The van der Waals surface area contributed by atoms with Gasteiger partial charge in [-0.15, -0.1) is 0 Å². The molecule has 1 aliphatic heterocycles. The largest absolute Gasteiger partial charge is 0.494 e. The molecule has 0 N–H and O–H groups in total. The summed E-state index contributed by atoms with van der Waals surface area (Å²) in [5, 5.41) is 0. The van der Waals surface area contributed by atoms with Crippen molar-refractivity contribution in [1.29, 1.82) is 0 Å². The molecule has 0 unspecified atom stereocenters. The van der Waals surface area contributed by atoms with E-state index in [1.807, 2.05) is 35.2 Å². The normalized spacial score (nSPS) is 14.7. The predicted octanol–water partition coefficient (Wildman–Crippen LogP) is 3.58. The van der Waals surface area contributed by atoms with Crippen LogP contribution >= 0.6 is 15.9 Å². The smallest absolute Gasteiger partial charge is 0.289 e. The van der Waals surface area contributed by atoms with E-state index in [1.165, 1.54) is 0 Å². The van der Waals surface area contributed by atoms with Gasteiger partial charge in [0, 0.05) is 32.6 Å². The summed E-state index contributed by atoms with van der Waals surface area (Å²) in [5.41, 5.74) is 0. The predicted molar refractivity (Wildman–Crippen MR) is 105 cm³/mol. The quantitative estimate of drug-likeness (QED) is 0.651. The molecule has 0 saturated carbocycles. The second-order valence-corrected chi connectivity index (χ2v) is 7.18. The van der Waals surface area contributed by atoms with Crippen molar-refractivity contribution in [2.45, 2.75) is 19.3 Å². The molecule has 2 heterocycles. The van der Waals surface area contributed by atoms with Gasteiger partial charge in [-0.3, -0.25) is 9.59 Å². The Morgan fingerprint density at radius 3 is 2.48 bits per heavy atom. The van der Waals surface area contributed by atoms with Gasteiger partial charge in [0.25, 0.3) is 5.91 Å². The molecule has 27 heavy (non-hydrogen) atoms. The van der Waals surface area contributed by atoms with Crippen LogP contribution in [0.2, 0.25) is 0 Å². The Kier molecular flexibility index (Phi) is 6.92. The fraction of sp³-hybridized carbons (Fsp3) is 0.400. The maximum absolute atomic E-state index is 12.5. The maximum atomic E-state index is 12.5. The van der Waals surface area contributed by atoms with Crippen LogP contribution in [0.3, 0.4) is 0 Å². The summed E-state index contributed by atoms with van der Waals surface area (Å²) in [5.74, 6) is 1.12. The molecule has 3 rings (SSSR count). The molecule has 1 aromatic heterocycles. The van der Waals surface area contributed by atoms with Crippen molar-refractivity contribution in [3.63, 3.8) is 0 Å². The number of para-hydroxylation sites is 1. The average molecular weight is 435 g/mol. The lowest BCUT2D eigenvalue weighted by Gasteiger charge is -2.21. The average Bonchev–Trinajstić information content (AvgIpc) is 2.97. The second kappa shape index (κ2) is 9.60. The van der Waals surface area contributed by atoms with Gasteiger partial charge >= 0.3 is 0 Å². The van der Waals surface area contributed by atoms with E-state index in [9.17, 15) is 9.59 Å². The molecule has 0 bridgehead atoms. The molecule has 144 valence electrons. The van der Waals surface area contributed by atoms with Gasteiger partial charge < -0.3 is 19.0 Å². The maximum Gasteiger partial charge on any atom is 0.289 e. The minimum atomic E-state index is -0.133. The van der Waals surface area contributed by atoms with Crippen LogP contribution in [0.1, 0.15) is 29.8 Å². The summed E-state index contributed by atoms with van der Waals surface area (Å²) >= 11 is 3.21. The molecule has 0 spiro atoms. The van der Waals surface area contributed by atoms with Gasteiger partial charge in [0.1, 0.15) is 5.75 Å². The number of carbonyl (C=O) groups is 2. The van der Waals surface area contributed by atoms with Crippen molar-refractivity contribution in [2.24, 2.45) is 0 Å². The lowest BCUT2D eigenvalue weighted by Crippen LogP contribution is -2.37. The van der Waals surface area contributed by atoms with Gasteiger partial charge in [-0.05, 0) is 53.0 Å². The Balaban J connectivity index is 1.42. The number of benzene rings is 1. The Bertz CT molecular complexity index is 762. The standard InChI is InChI=1S/C20H23BrN2O4/c21-18-10-9-17(27-18)20(25)23-12-5-11-22(13-14-23)19(24)8-4-15-26-16-6-2-1-3-7-16/h1-3,6-7,9-10H,4-5,8,11-15H2. The second-order valence-electron chi connectivity index (χ2n) is 6.40. The molecule has 0 aliphatic carbocycles. The van der Waals surface area contributed by atoms with Crippen LogP contribution in [0.4, 0.5) is 0 Å². The van der Waals surface area contributed by atoms with Crippen molar-refractivity contribution in [1.82, 2.24) is 9.80 Å². The molecule has 1 aliphatic rings. The van der Waals surface area contributed by atoms with Crippen LogP contribution in [0.15, 0.2) is 51.6 Å². The van der Waals surface area contributed by atoms with E-state index >= 15 is 0 Å². The van der Waals surface area contributed by atoms with E-state index in [-0.39, 0.29) is 11.8 Å². The van der Waals surface area contributed by atoms with Crippen molar-refractivity contribution < 1.29 is 18.7 Å². The van der Waals surface area contributed by atoms with E-state index in [4.69, 9.17) is 9.15 Å². The third-order valence-electron chi connectivity index (χ3n) is 4.47. The molecule has 2 amide bonds. The third kappa shape index (κ3) is 5.60. The Labute approximate surface area is 167 Å². The van der Waals surface area contributed by atoms with E-state index < -0.39 is 0 Å². The number of ether oxygens (including phenoxy) is 1. The monoisotopic (exact) mass is 434 g/mol. The van der Waals surface area contributed by atoms with Crippen LogP contribution < -0.4 is 4.74 Å². The number of nitrogens with zero attached hydrogens (tertiary/aromatic N) is 2. The van der Waals surface area contributed by atoms with E-state index in [1.54, 1.807) is 17.0 Å². The Hall–Kier alpha value is -2.28. The molecular formula is C20H23BrN2O4. The van der Waals surface area contributed by atoms with Crippen LogP contribution in [0.25, 0.3) is 0 Å². The number of hydrogen-bond donors (Lipinski definition) is 0. The van der Waals surface area contributed by atoms with E-state index in [2.05, 4.69) is 15.9 Å². The van der Waals surface area contributed by atoms with Gasteiger partial charge in [0.2, 0.25) is 5.91 Å².